The smallest absolute Gasteiger partial charge is 0.157 e. The molecule has 21 heavy (non-hydrogen) atoms. The molecule has 0 atom stereocenters. The highest BCUT2D eigenvalue weighted by atomic mass is 15.5. The Morgan fingerprint density at radius 1 is 1.05 bits per heavy atom. The number of nitrogens with zero attached hydrogens (tertiary/aromatic N) is 5. The van der Waals surface area contributed by atoms with E-state index in [4.69, 9.17) is 5.73 Å². The summed E-state index contributed by atoms with van der Waals surface area (Å²) in [5, 5.41) is 8.26. The van der Waals surface area contributed by atoms with E-state index in [9.17, 15) is 0 Å². The second kappa shape index (κ2) is 5.24. The zero-order valence-corrected chi connectivity index (χ0v) is 11.9. The maximum Gasteiger partial charge on any atom is 0.157 e. The van der Waals surface area contributed by atoms with E-state index in [1.807, 2.05) is 61.5 Å². The van der Waals surface area contributed by atoms with Crippen molar-refractivity contribution in [3.05, 3.63) is 48.7 Å². The van der Waals surface area contributed by atoms with Crippen molar-refractivity contribution in [2.45, 2.75) is 0 Å². The Hall–Kier alpha value is -2.89. The molecule has 0 aliphatic carbocycles. The third-order valence-electron chi connectivity index (χ3n) is 3.22. The normalized spacial score (nSPS) is 10.6. The van der Waals surface area contributed by atoms with Gasteiger partial charge in [0.25, 0.3) is 0 Å². The molecule has 3 rings (SSSR count). The number of anilines is 2. The van der Waals surface area contributed by atoms with Gasteiger partial charge in [0, 0.05) is 26.0 Å². The van der Waals surface area contributed by atoms with Gasteiger partial charge in [0.15, 0.2) is 11.5 Å². The summed E-state index contributed by atoms with van der Waals surface area (Å²) >= 11 is 0. The van der Waals surface area contributed by atoms with E-state index in [0.29, 0.717) is 17.2 Å². The number of aromatic nitrogens is 4. The van der Waals surface area contributed by atoms with E-state index in [1.165, 1.54) is 0 Å². The molecular weight excluding hydrogens is 264 g/mol. The first kappa shape index (κ1) is 13.1. The molecule has 0 bridgehead atoms. The molecule has 0 saturated heterocycles. The number of nitrogen functional groups attached to an aromatic ring is 1. The van der Waals surface area contributed by atoms with Crippen molar-refractivity contribution in [2.24, 2.45) is 0 Å². The molecule has 0 aliphatic heterocycles. The van der Waals surface area contributed by atoms with Crippen molar-refractivity contribution in [3.8, 4) is 17.1 Å². The Kier molecular flexibility index (Phi) is 3.27. The fourth-order valence-electron chi connectivity index (χ4n) is 2.06. The Bertz CT molecular complexity index is 731. The molecule has 2 N–H and O–H groups in total. The average Bonchev–Trinajstić information content (AvgIpc) is 2.90. The first-order chi connectivity index (χ1) is 10.2. The molecule has 0 aliphatic rings. The Morgan fingerprint density at radius 2 is 1.81 bits per heavy atom. The van der Waals surface area contributed by atoms with Crippen LogP contribution in [-0.4, -0.2) is 34.1 Å². The van der Waals surface area contributed by atoms with Crippen LogP contribution in [0.25, 0.3) is 17.1 Å². The second-order valence-corrected chi connectivity index (χ2v) is 4.86. The minimum atomic E-state index is 0.478. The minimum Gasteiger partial charge on any atom is -0.382 e. The number of rotatable bonds is 3. The van der Waals surface area contributed by atoms with Crippen LogP contribution < -0.4 is 10.6 Å². The Morgan fingerprint density at radius 3 is 2.43 bits per heavy atom. The summed E-state index contributed by atoms with van der Waals surface area (Å²) in [4.78, 5) is 6.29. The highest BCUT2D eigenvalue weighted by Crippen LogP contribution is 2.24. The fraction of sp³-hybridized carbons (Fsp3) is 0.133. The largest absolute Gasteiger partial charge is 0.382 e. The molecule has 6 heteroatoms. The van der Waals surface area contributed by atoms with E-state index >= 15 is 0 Å². The summed E-state index contributed by atoms with van der Waals surface area (Å²) in [5.74, 6) is 0.478. The van der Waals surface area contributed by atoms with Crippen LogP contribution in [0.3, 0.4) is 0 Å². The van der Waals surface area contributed by atoms with Gasteiger partial charge in [-0.05, 0) is 36.4 Å². The zero-order valence-electron chi connectivity index (χ0n) is 11.9. The molecule has 0 amide bonds. The lowest BCUT2D eigenvalue weighted by Gasteiger charge is -2.12. The predicted molar refractivity (Wildman–Crippen MR) is 83.3 cm³/mol. The fourth-order valence-corrected chi connectivity index (χ4v) is 2.06. The third kappa shape index (κ3) is 2.43. The molecule has 3 aromatic rings. The SMILES string of the molecule is CN(C)c1ccc(-n2nnc(-c3ccccn3)c2N)cc1. The van der Waals surface area contributed by atoms with Gasteiger partial charge in [0.05, 0.1) is 11.4 Å². The molecule has 2 aromatic heterocycles. The molecule has 6 nitrogen and oxygen atoms in total. The van der Waals surface area contributed by atoms with E-state index in [2.05, 4.69) is 15.3 Å². The van der Waals surface area contributed by atoms with Crippen LogP contribution >= 0.6 is 0 Å². The number of benzene rings is 1. The molecule has 0 spiro atoms. The zero-order chi connectivity index (χ0) is 14.8. The molecule has 0 radical (unpaired) electrons. The van der Waals surface area contributed by atoms with Crippen LogP contribution in [0.15, 0.2) is 48.7 Å². The standard InChI is InChI=1S/C15H16N6/c1-20(2)11-6-8-12(9-7-11)21-15(16)14(18-19-21)13-5-3-4-10-17-13/h3-10H,16H2,1-2H3. The van der Waals surface area contributed by atoms with Crippen molar-refractivity contribution in [3.63, 3.8) is 0 Å². The molecule has 0 unspecified atom stereocenters. The lowest BCUT2D eigenvalue weighted by atomic mass is 10.2. The summed E-state index contributed by atoms with van der Waals surface area (Å²) in [7, 11) is 4.00. The molecule has 1 aromatic carbocycles. The minimum absolute atomic E-state index is 0.478. The van der Waals surface area contributed by atoms with Crippen molar-refractivity contribution < 1.29 is 0 Å². The summed E-state index contributed by atoms with van der Waals surface area (Å²) in [6.07, 6.45) is 1.71. The highest BCUT2D eigenvalue weighted by molar-refractivity contribution is 5.68. The number of hydrogen-bond donors (Lipinski definition) is 1. The van der Waals surface area contributed by atoms with Crippen LogP contribution in [0.4, 0.5) is 11.5 Å². The van der Waals surface area contributed by atoms with E-state index < -0.39 is 0 Å². The molecular formula is C15H16N6. The van der Waals surface area contributed by atoms with Crippen LogP contribution in [0.5, 0.6) is 0 Å². The summed E-state index contributed by atoms with van der Waals surface area (Å²) in [6.45, 7) is 0. The van der Waals surface area contributed by atoms with Crippen LogP contribution in [0, 0.1) is 0 Å². The maximum absolute atomic E-state index is 6.15. The van der Waals surface area contributed by atoms with E-state index in [-0.39, 0.29) is 0 Å². The van der Waals surface area contributed by atoms with Gasteiger partial charge in [-0.2, -0.15) is 4.68 Å². The van der Waals surface area contributed by atoms with Gasteiger partial charge in [0.2, 0.25) is 0 Å². The highest BCUT2D eigenvalue weighted by Gasteiger charge is 2.13. The van der Waals surface area contributed by atoms with Gasteiger partial charge in [-0.15, -0.1) is 5.10 Å². The topological polar surface area (TPSA) is 72.9 Å². The van der Waals surface area contributed by atoms with Gasteiger partial charge in [-0.25, -0.2) is 0 Å². The van der Waals surface area contributed by atoms with Gasteiger partial charge >= 0.3 is 0 Å². The Labute approximate surface area is 122 Å². The van der Waals surface area contributed by atoms with Gasteiger partial charge in [-0.3, -0.25) is 4.98 Å². The van der Waals surface area contributed by atoms with Gasteiger partial charge in [-0.1, -0.05) is 11.3 Å². The van der Waals surface area contributed by atoms with Gasteiger partial charge in [0.1, 0.15) is 0 Å². The van der Waals surface area contributed by atoms with Crippen molar-refractivity contribution >= 4 is 11.5 Å². The number of hydrogen-bond acceptors (Lipinski definition) is 5. The maximum atomic E-state index is 6.15. The summed E-state index contributed by atoms with van der Waals surface area (Å²) in [6, 6.07) is 13.6. The molecule has 0 saturated carbocycles. The summed E-state index contributed by atoms with van der Waals surface area (Å²) < 4.78 is 1.61. The van der Waals surface area contributed by atoms with Crippen LogP contribution in [0.1, 0.15) is 0 Å². The molecule has 106 valence electrons. The average molecular weight is 280 g/mol. The van der Waals surface area contributed by atoms with E-state index in [1.54, 1.807) is 10.9 Å². The molecule has 0 fully saturated rings. The quantitative estimate of drug-likeness (QED) is 0.794. The number of pyridine rings is 1. The first-order valence-corrected chi connectivity index (χ1v) is 6.57. The first-order valence-electron chi connectivity index (χ1n) is 6.57. The predicted octanol–water partition coefficient (Wildman–Crippen LogP) is 1.98. The summed E-state index contributed by atoms with van der Waals surface area (Å²) in [5.41, 5.74) is 9.44. The van der Waals surface area contributed by atoms with Crippen LogP contribution in [0.2, 0.25) is 0 Å². The third-order valence-corrected chi connectivity index (χ3v) is 3.22. The van der Waals surface area contributed by atoms with Crippen molar-refractivity contribution in [1.29, 1.82) is 0 Å². The monoisotopic (exact) mass is 280 g/mol. The lowest BCUT2D eigenvalue weighted by Crippen LogP contribution is -2.09. The van der Waals surface area contributed by atoms with E-state index in [0.717, 1.165) is 11.4 Å². The molecule has 2 heterocycles. The number of nitrogens with two attached hydrogens (primary N) is 1. The van der Waals surface area contributed by atoms with Crippen LogP contribution in [-0.2, 0) is 0 Å². The lowest BCUT2D eigenvalue weighted by molar-refractivity contribution is 0.810. The van der Waals surface area contributed by atoms with Gasteiger partial charge < -0.3 is 10.6 Å². The Balaban J connectivity index is 1.99. The van der Waals surface area contributed by atoms with Crippen molar-refractivity contribution in [1.82, 2.24) is 20.0 Å². The van der Waals surface area contributed by atoms with Crippen molar-refractivity contribution in [2.75, 3.05) is 24.7 Å². The second-order valence-electron chi connectivity index (χ2n) is 4.86.